The molecule has 0 unspecified atom stereocenters. The van der Waals surface area contributed by atoms with Crippen molar-refractivity contribution in [1.29, 1.82) is 0 Å². The number of halogens is 4. The van der Waals surface area contributed by atoms with Gasteiger partial charge in [0.05, 0.1) is 0 Å². The number of aliphatic carboxylic acids is 1. The van der Waals surface area contributed by atoms with E-state index in [9.17, 15) is 37.1 Å². The highest BCUT2D eigenvalue weighted by atomic mass is 35.5. The maximum atomic E-state index is 12.0. The molecule has 55 heavy (non-hydrogen) atoms. The Labute approximate surface area is 328 Å². The van der Waals surface area contributed by atoms with Gasteiger partial charge in [-0.05, 0) is 111 Å². The fourth-order valence-corrected chi connectivity index (χ4v) is 4.83. The number of carboxylic acids is 1. The number of ether oxygens (including phenoxy) is 2. The van der Waals surface area contributed by atoms with Crippen LogP contribution in [0.2, 0.25) is 0 Å². The van der Waals surface area contributed by atoms with Gasteiger partial charge in [-0.2, -0.15) is 13.2 Å². The topological polar surface area (TPSA) is 166 Å². The van der Waals surface area contributed by atoms with Crippen LogP contribution in [0.4, 0.5) is 22.8 Å². The number of alkyl halides is 3. The van der Waals surface area contributed by atoms with Crippen molar-refractivity contribution >= 4 is 46.8 Å². The van der Waals surface area contributed by atoms with Crippen molar-refractivity contribution in [2.24, 2.45) is 0 Å². The third-order valence-corrected chi connectivity index (χ3v) is 7.59. The van der Waals surface area contributed by atoms with Crippen molar-refractivity contribution in [3.8, 4) is 0 Å². The normalized spacial score (nSPS) is 19.7. The fourth-order valence-electron chi connectivity index (χ4n) is 4.83. The number of piperazine rings is 2. The summed E-state index contributed by atoms with van der Waals surface area (Å²) in [5.74, 6) is -2.81. The lowest BCUT2D eigenvalue weighted by Gasteiger charge is -2.39. The smallest absolute Gasteiger partial charge is 0.475 e. The number of carboxylic acid groups (broad SMARTS) is 1. The van der Waals surface area contributed by atoms with Crippen LogP contribution in [0.25, 0.3) is 0 Å². The van der Waals surface area contributed by atoms with Gasteiger partial charge in [-0.15, -0.1) is 0 Å². The van der Waals surface area contributed by atoms with Crippen LogP contribution in [0, 0.1) is 0 Å². The minimum atomic E-state index is -5.08. The van der Waals surface area contributed by atoms with Crippen LogP contribution in [-0.2, 0) is 28.7 Å². The van der Waals surface area contributed by atoms with Gasteiger partial charge in [0.25, 0.3) is 0 Å². The predicted molar refractivity (Wildman–Crippen MR) is 204 cm³/mol. The van der Waals surface area contributed by atoms with Gasteiger partial charge in [0, 0.05) is 63.9 Å². The van der Waals surface area contributed by atoms with E-state index in [1.165, 1.54) is 18.6 Å². The lowest BCUT2D eigenvalue weighted by atomic mass is 10.0. The summed E-state index contributed by atoms with van der Waals surface area (Å²) in [7, 11) is 0. The Balaban J connectivity index is 0. The SMILES string of the molecule is C=CC(=O)Cl.C=CC(=O)N1CCN(C(=O)OC(C)(C)C)[C@@H](C)C1.C=CC(=O)N1CCN[C@@H](C)C1.C[C@H]1CCCCN1C(=O)OC(C)(C)C.O=C(O)C(F)(F)F. The van der Waals surface area contributed by atoms with E-state index in [2.05, 4.69) is 38.9 Å². The number of allylic oxidation sites excluding steroid dienone is 1. The van der Waals surface area contributed by atoms with E-state index in [0.717, 1.165) is 45.1 Å². The van der Waals surface area contributed by atoms with Gasteiger partial charge in [0.1, 0.15) is 11.2 Å². The molecule has 0 saturated carbocycles. The van der Waals surface area contributed by atoms with Gasteiger partial charge in [0.2, 0.25) is 17.1 Å². The first-order valence-electron chi connectivity index (χ1n) is 17.8. The number of carbonyl (C=O) groups excluding carboxylic acids is 5. The molecule has 0 aromatic heterocycles. The molecule has 4 amide bonds. The molecule has 3 saturated heterocycles. The summed E-state index contributed by atoms with van der Waals surface area (Å²) < 4.78 is 42.4. The van der Waals surface area contributed by atoms with E-state index in [1.54, 1.807) is 9.80 Å². The van der Waals surface area contributed by atoms with Gasteiger partial charge in [-0.25, -0.2) is 14.4 Å². The maximum Gasteiger partial charge on any atom is 0.490 e. The average molecular weight is 812 g/mol. The summed E-state index contributed by atoms with van der Waals surface area (Å²) in [6, 6.07) is 0.698. The standard InChI is InChI=1S/C13H22N2O3.C11H21NO2.C8H14N2O.C3H3ClO.C2HF3O2/c1-6-11(16)14-7-8-15(10(2)9-14)12(17)18-13(3,4)5;1-9-7-5-6-8-12(9)10(13)14-11(2,3)4;1-3-8(11)10-5-4-9-7(2)6-10;1-2-3(4)5;3-2(4,5)1(6)7/h6,10H,1,7-9H2,2-5H3;9H,5-8H2,1-4H3;3,7,9H,1,4-6H2,2H3;2H,1H2;(H,6,7)/t10-;9-;7-;;/m000../s1. The second-order valence-corrected chi connectivity index (χ2v) is 15.1. The average Bonchev–Trinajstić information content (AvgIpc) is 3.06. The molecular weight excluding hydrogens is 751 g/mol. The van der Waals surface area contributed by atoms with Crippen LogP contribution < -0.4 is 5.32 Å². The number of hydrogen-bond donors (Lipinski definition) is 2. The Morgan fingerprint density at radius 3 is 1.45 bits per heavy atom. The fraction of sp³-hybridized carbons (Fsp3) is 0.676. The van der Waals surface area contributed by atoms with Crippen LogP contribution >= 0.6 is 11.6 Å². The largest absolute Gasteiger partial charge is 0.490 e. The zero-order valence-electron chi connectivity index (χ0n) is 33.7. The first kappa shape index (κ1) is 53.0. The Bertz CT molecular complexity index is 1300. The van der Waals surface area contributed by atoms with Crippen LogP contribution in [0.15, 0.2) is 38.0 Å². The van der Waals surface area contributed by atoms with E-state index in [4.69, 9.17) is 31.0 Å². The number of nitrogens with one attached hydrogen (secondary N) is 1. The molecule has 316 valence electrons. The predicted octanol–water partition coefficient (Wildman–Crippen LogP) is 6.00. The number of hydrogen-bond acceptors (Lipinski definition) is 9. The molecule has 0 spiro atoms. The van der Waals surface area contributed by atoms with Gasteiger partial charge >= 0.3 is 24.3 Å². The van der Waals surface area contributed by atoms with Gasteiger partial charge in [0.15, 0.2) is 0 Å². The monoisotopic (exact) mass is 811 g/mol. The zero-order valence-corrected chi connectivity index (χ0v) is 34.4. The Morgan fingerprint density at radius 1 is 0.709 bits per heavy atom. The van der Waals surface area contributed by atoms with Crippen molar-refractivity contribution < 1.29 is 56.5 Å². The molecule has 3 heterocycles. The molecular formula is C37H61ClF3N5O9. The second-order valence-electron chi connectivity index (χ2n) is 14.7. The molecule has 0 radical (unpaired) electrons. The van der Waals surface area contributed by atoms with Gasteiger partial charge in [-0.3, -0.25) is 14.4 Å². The second kappa shape index (κ2) is 25.1. The number of piperidine rings is 1. The van der Waals surface area contributed by atoms with E-state index in [-0.39, 0.29) is 35.6 Å². The lowest BCUT2D eigenvalue weighted by molar-refractivity contribution is -0.192. The summed E-state index contributed by atoms with van der Waals surface area (Å²) in [5.41, 5.74) is -0.876. The van der Waals surface area contributed by atoms with Crippen LogP contribution in [0.5, 0.6) is 0 Å². The van der Waals surface area contributed by atoms with E-state index in [1.807, 2.05) is 58.3 Å². The van der Waals surface area contributed by atoms with E-state index < -0.39 is 23.0 Å². The van der Waals surface area contributed by atoms with Gasteiger partial charge in [-0.1, -0.05) is 19.7 Å². The first-order chi connectivity index (χ1) is 25.1. The molecule has 3 atom stereocenters. The molecule has 14 nitrogen and oxygen atoms in total. The zero-order chi connectivity index (χ0) is 43.3. The molecule has 0 aromatic rings. The molecule has 3 aliphatic heterocycles. The highest BCUT2D eigenvalue weighted by molar-refractivity contribution is 6.66. The van der Waals surface area contributed by atoms with Crippen molar-refractivity contribution in [1.82, 2.24) is 24.9 Å². The third kappa shape index (κ3) is 24.8. The van der Waals surface area contributed by atoms with E-state index in [0.29, 0.717) is 31.7 Å². The first-order valence-corrected chi connectivity index (χ1v) is 18.1. The molecule has 18 heteroatoms. The minimum absolute atomic E-state index is 0.0401. The van der Waals surface area contributed by atoms with E-state index >= 15 is 0 Å². The number of rotatable bonds is 3. The summed E-state index contributed by atoms with van der Waals surface area (Å²) in [6.07, 6.45) is 1.57. The van der Waals surface area contributed by atoms with Crippen LogP contribution in [0.1, 0.15) is 81.6 Å². The molecule has 3 fully saturated rings. The number of nitrogens with zero attached hydrogens (tertiary/aromatic N) is 4. The number of likely N-dealkylation sites (tertiary alicyclic amines) is 1. The summed E-state index contributed by atoms with van der Waals surface area (Å²) in [5, 5.41) is 9.88. The number of carbonyl (C=O) groups is 6. The molecule has 3 rings (SSSR count). The molecule has 0 bridgehead atoms. The molecule has 0 aromatic carbocycles. The Morgan fingerprint density at radius 2 is 1.13 bits per heavy atom. The molecule has 2 N–H and O–H groups in total. The maximum absolute atomic E-state index is 12.0. The Kier molecular flexibility index (Phi) is 24.2. The highest BCUT2D eigenvalue weighted by Gasteiger charge is 2.38. The van der Waals surface area contributed by atoms with Crippen molar-refractivity contribution in [3.63, 3.8) is 0 Å². The molecule has 3 aliphatic rings. The highest BCUT2D eigenvalue weighted by Crippen LogP contribution is 2.20. The molecule has 0 aliphatic carbocycles. The van der Waals surface area contributed by atoms with Crippen molar-refractivity contribution in [2.45, 2.75) is 117 Å². The van der Waals surface area contributed by atoms with Gasteiger partial charge < -0.3 is 39.5 Å². The third-order valence-electron chi connectivity index (χ3n) is 7.43. The van der Waals surface area contributed by atoms with Crippen molar-refractivity contribution in [2.75, 3.05) is 45.8 Å². The minimum Gasteiger partial charge on any atom is -0.475 e. The Hall–Kier alpha value is -4.12. The van der Waals surface area contributed by atoms with Crippen LogP contribution in [-0.4, -0.2) is 141 Å². The summed E-state index contributed by atoms with van der Waals surface area (Å²) >= 11 is 4.71. The van der Waals surface area contributed by atoms with Crippen molar-refractivity contribution in [3.05, 3.63) is 38.0 Å². The lowest BCUT2D eigenvalue weighted by Crippen LogP contribution is -2.56. The summed E-state index contributed by atoms with van der Waals surface area (Å²) in [6.45, 7) is 32.2. The number of amides is 4. The summed E-state index contributed by atoms with van der Waals surface area (Å²) in [4.78, 5) is 71.6. The van der Waals surface area contributed by atoms with Crippen LogP contribution in [0.3, 0.4) is 0 Å². The quantitative estimate of drug-likeness (QED) is 0.255.